The van der Waals surface area contributed by atoms with Crippen molar-refractivity contribution < 1.29 is 0 Å². The Bertz CT molecular complexity index is 358. The fraction of sp³-hybridized carbons (Fsp3) is 0.600. The van der Waals surface area contributed by atoms with Gasteiger partial charge in [-0.25, -0.2) is 0 Å². The van der Waals surface area contributed by atoms with Gasteiger partial charge in [0.25, 0.3) is 0 Å². The molecule has 1 atom stereocenters. The van der Waals surface area contributed by atoms with Crippen LogP contribution in [0.1, 0.15) is 43.4 Å². The molecule has 0 aliphatic heterocycles. The highest BCUT2D eigenvalue weighted by atomic mass is 15.2. The molecule has 1 saturated carbocycles. The second-order valence-corrected chi connectivity index (χ2v) is 5.08. The number of hydrogen-bond donors (Lipinski definition) is 1. The van der Waals surface area contributed by atoms with Crippen molar-refractivity contribution in [2.24, 2.45) is 5.73 Å². The highest BCUT2D eigenvalue weighted by molar-refractivity contribution is 5.29. The van der Waals surface area contributed by atoms with Gasteiger partial charge in [0.15, 0.2) is 0 Å². The Morgan fingerprint density at radius 1 is 1.35 bits per heavy atom. The molecule has 0 saturated heterocycles. The summed E-state index contributed by atoms with van der Waals surface area (Å²) in [6, 6.07) is 9.84. The molecule has 17 heavy (non-hydrogen) atoms. The normalized spacial score (nSPS) is 17.4. The van der Waals surface area contributed by atoms with E-state index in [-0.39, 0.29) is 0 Å². The summed E-state index contributed by atoms with van der Waals surface area (Å²) >= 11 is 0. The van der Waals surface area contributed by atoms with E-state index >= 15 is 0 Å². The van der Waals surface area contributed by atoms with E-state index in [4.69, 9.17) is 5.73 Å². The molecule has 1 aliphatic rings. The average Bonchev–Trinajstić information content (AvgIpc) is 3.15. The van der Waals surface area contributed by atoms with Crippen LogP contribution in [-0.2, 0) is 0 Å². The number of hydrogen-bond acceptors (Lipinski definition) is 2. The average molecular weight is 232 g/mol. The van der Waals surface area contributed by atoms with Gasteiger partial charge in [-0.15, -0.1) is 0 Å². The minimum Gasteiger partial charge on any atom is -0.329 e. The van der Waals surface area contributed by atoms with Crippen LogP contribution in [0.4, 0.5) is 0 Å². The van der Waals surface area contributed by atoms with E-state index in [1.54, 1.807) is 0 Å². The Balaban J connectivity index is 2.21. The van der Waals surface area contributed by atoms with Crippen molar-refractivity contribution in [2.75, 3.05) is 13.1 Å². The summed E-state index contributed by atoms with van der Waals surface area (Å²) in [7, 11) is 0. The number of benzene rings is 1. The van der Waals surface area contributed by atoms with Crippen molar-refractivity contribution in [3.63, 3.8) is 0 Å². The van der Waals surface area contributed by atoms with Crippen LogP contribution in [0.15, 0.2) is 24.3 Å². The van der Waals surface area contributed by atoms with Gasteiger partial charge in [0.05, 0.1) is 0 Å². The molecule has 0 bridgehead atoms. The largest absolute Gasteiger partial charge is 0.329 e. The van der Waals surface area contributed by atoms with E-state index in [2.05, 4.69) is 43.0 Å². The minimum atomic E-state index is 0.406. The molecule has 1 unspecified atom stereocenters. The van der Waals surface area contributed by atoms with Crippen LogP contribution in [0, 0.1) is 6.92 Å². The maximum absolute atomic E-state index is 6.03. The van der Waals surface area contributed by atoms with Gasteiger partial charge in [-0.1, -0.05) is 31.2 Å². The molecule has 2 heteroatoms. The highest BCUT2D eigenvalue weighted by Gasteiger charge is 2.33. The summed E-state index contributed by atoms with van der Waals surface area (Å²) in [5.74, 6) is 0. The maximum Gasteiger partial charge on any atom is 0.0476 e. The smallest absolute Gasteiger partial charge is 0.0476 e. The van der Waals surface area contributed by atoms with E-state index in [1.807, 2.05) is 0 Å². The van der Waals surface area contributed by atoms with Crippen LogP contribution in [0.25, 0.3) is 0 Å². The van der Waals surface area contributed by atoms with Gasteiger partial charge >= 0.3 is 0 Å². The lowest BCUT2D eigenvalue weighted by atomic mass is 9.99. The van der Waals surface area contributed by atoms with Crippen LogP contribution in [0.3, 0.4) is 0 Å². The molecule has 2 N–H and O–H groups in total. The number of nitrogens with zero attached hydrogens (tertiary/aromatic N) is 1. The molecule has 1 aliphatic carbocycles. The lowest BCUT2D eigenvalue weighted by Crippen LogP contribution is -2.36. The predicted octanol–water partition coefficient (Wildman–Crippen LogP) is 2.87. The summed E-state index contributed by atoms with van der Waals surface area (Å²) in [6.07, 6.45) is 3.91. The summed E-state index contributed by atoms with van der Waals surface area (Å²) in [6.45, 7) is 6.33. The van der Waals surface area contributed by atoms with E-state index in [0.29, 0.717) is 6.04 Å². The van der Waals surface area contributed by atoms with Crippen LogP contribution in [0.2, 0.25) is 0 Å². The van der Waals surface area contributed by atoms with Crippen molar-refractivity contribution in [1.82, 2.24) is 4.90 Å². The van der Waals surface area contributed by atoms with Crippen molar-refractivity contribution in [1.29, 1.82) is 0 Å². The first-order chi connectivity index (χ1) is 8.27. The molecule has 0 radical (unpaired) electrons. The van der Waals surface area contributed by atoms with Gasteiger partial charge < -0.3 is 5.73 Å². The first kappa shape index (κ1) is 12.6. The summed E-state index contributed by atoms with van der Waals surface area (Å²) in [5.41, 5.74) is 8.81. The third kappa shape index (κ3) is 2.88. The molecule has 2 nitrogen and oxygen atoms in total. The van der Waals surface area contributed by atoms with Crippen molar-refractivity contribution in [2.45, 2.75) is 45.2 Å². The molecule has 0 heterocycles. The second kappa shape index (κ2) is 5.65. The fourth-order valence-electron chi connectivity index (χ4n) is 2.66. The standard InChI is InChI=1S/C15H24N2/c1-3-10-17(13-8-9-13)15(11-16)14-7-5-4-6-12(14)2/h4-7,13,15H,3,8-11,16H2,1-2H3. The van der Waals surface area contributed by atoms with Crippen LogP contribution < -0.4 is 5.73 Å². The third-order valence-electron chi connectivity index (χ3n) is 3.67. The number of rotatable bonds is 6. The molecule has 1 aromatic carbocycles. The number of aryl methyl sites for hydroxylation is 1. The quantitative estimate of drug-likeness (QED) is 0.817. The van der Waals surface area contributed by atoms with Gasteiger partial charge in [0, 0.05) is 18.6 Å². The predicted molar refractivity (Wildman–Crippen MR) is 73.0 cm³/mol. The Morgan fingerprint density at radius 2 is 2.06 bits per heavy atom. The zero-order chi connectivity index (χ0) is 12.3. The first-order valence-electron chi connectivity index (χ1n) is 6.79. The van der Waals surface area contributed by atoms with Crippen LogP contribution >= 0.6 is 0 Å². The molecule has 0 spiro atoms. The zero-order valence-corrected chi connectivity index (χ0v) is 11.0. The van der Waals surface area contributed by atoms with Crippen LogP contribution in [0.5, 0.6) is 0 Å². The van der Waals surface area contributed by atoms with E-state index < -0.39 is 0 Å². The van der Waals surface area contributed by atoms with Crippen molar-refractivity contribution >= 4 is 0 Å². The Labute approximate surface area is 105 Å². The molecule has 1 fully saturated rings. The lowest BCUT2D eigenvalue weighted by molar-refractivity contribution is 0.191. The molecule has 94 valence electrons. The Kier molecular flexibility index (Phi) is 4.19. The second-order valence-electron chi connectivity index (χ2n) is 5.08. The Morgan fingerprint density at radius 3 is 2.59 bits per heavy atom. The van der Waals surface area contributed by atoms with Crippen molar-refractivity contribution in [3.8, 4) is 0 Å². The van der Waals surface area contributed by atoms with Gasteiger partial charge in [0.2, 0.25) is 0 Å². The third-order valence-corrected chi connectivity index (χ3v) is 3.67. The molecule has 0 amide bonds. The zero-order valence-electron chi connectivity index (χ0n) is 11.0. The van der Waals surface area contributed by atoms with Gasteiger partial charge in [-0.3, -0.25) is 4.90 Å². The molecule has 1 aromatic rings. The van der Waals surface area contributed by atoms with E-state index in [9.17, 15) is 0 Å². The molecule has 2 rings (SSSR count). The SMILES string of the molecule is CCCN(C1CC1)C(CN)c1ccccc1C. The first-order valence-corrected chi connectivity index (χ1v) is 6.79. The highest BCUT2D eigenvalue weighted by Crippen LogP contribution is 2.34. The van der Waals surface area contributed by atoms with E-state index in [0.717, 1.165) is 12.6 Å². The topological polar surface area (TPSA) is 29.3 Å². The summed E-state index contributed by atoms with van der Waals surface area (Å²) in [4.78, 5) is 2.61. The van der Waals surface area contributed by atoms with Crippen LogP contribution in [-0.4, -0.2) is 24.0 Å². The maximum atomic E-state index is 6.03. The van der Waals surface area contributed by atoms with Gasteiger partial charge in [-0.2, -0.15) is 0 Å². The lowest BCUT2D eigenvalue weighted by Gasteiger charge is -2.32. The minimum absolute atomic E-state index is 0.406. The molecule has 0 aromatic heterocycles. The molecular formula is C15H24N2. The molecular weight excluding hydrogens is 208 g/mol. The fourth-order valence-corrected chi connectivity index (χ4v) is 2.66. The van der Waals surface area contributed by atoms with Crippen molar-refractivity contribution in [3.05, 3.63) is 35.4 Å². The summed E-state index contributed by atoms with van der Waals surface area (Å²) < 4.78 is 0. The monoisotopic (exact) mass is 232 g/mol. The van der Waals surface area contributed by atoms with E-state index in [1.165, 1.54) is 36.9 Å². The number of nitrogens with two attached hydrogens (primary N) is 1. The van der Waals surface area contributed by atoms with Gasteiger partial charge in [0.1, 0.15) is 0 Å². The Hall–Kier alpha value is -0.860. The summed E-state index contributed by atoms with van der Waals surface area (Å²) in [5, 5.41) is 0. The van der Waals surface area contributed by atoms with Gasteiger partial charge in [-0.05, 0) is 43.9 Å².